The molecule has 1 saturated carbocycles. The molecule has 1 N–H and O–H groups in total. The molecule has 1 aromatic heterocycles. The summed E-state index contributed by atoms with van der Waals surface area (Å²) in [6.45, 7) is 6.43. The van der Waals surface area contributed by atoms with Gasteiger partial charge in [0.15, 0.2) is 5.82 Å². The van der Waals surface area contributed by atoms with Gasteiger partial charge in [-0.05, 0) is 75.3 Å². The van der Waals surface area contributed by atoms with Crippen LogP contribution in [0, 0.1) is 11.8 Å². The van der Waals surface area contributed by atoms with Crippen LogP contribution in [-0.2, 0) is 11.4 Å². The molecule has 0 bridgehead atoms. The number of anilines is 1. The van der Waals surface area contributed by atoms with E-state index in [1.54, 1.807) is 4.90 Å². The number of aromatic nitrogens is 2. The van der Waals surface area contributed by atoms with Gasteiger partial charge >= 0.3 is 5.97 Å². The summed E-state index contributed by atoms with van der Waals surface area (Å²) in [7, 11) is 0. The van der Waals surface area contributed by atoms with E-state index in [0.29, 0.717) is 18.2 Å². The second-order valence-electron chi connectivity index (χ2n) is 9.64. The first-order valence-electron chi connectivity index (χ1n) is 12.3. The number of amides is 1. The van der Waals surface area contributed by atoms with Crippen LogP contribution >= 0.6 is 0 Å². The second kappa shape index (κ2) is 10.8. The summed E-state index contributed by atoms with van der Waals surface area (Å²) in [5.74, 6) is 0.395. The number of hydrogen-bond acceptors (Lipinski definition) is 4. The van der Waals surface area contributed by atoms with Crippen LogP contribution in [0.3, 0.4) is 0 Å². The van der Waals surface area contributed by atoms with E-state index in [2.05, 4.69) is 12.0 Å². The first-order valence-corrected chi connectivity index (χ1v) is 12.3. The van der Waals surface area contributed by atoms with E-state index in [1.807, 2.05) is 68.4 Å². The smallest absolute Gasteiger partial charge is 0.341 e. The van der Waals surface area contributed by atoms with E-state index < -0.39 is 5.97 Å². The highest BCUT2D eigenvalue weighted by atomic mass is 16.5. The van der Waals surface area contributed by atoms with Crippen molar-refractivity contribution >= 4 is 17.7 Å². The molecular weight excluding hydrogens is 442 g/mol. The molecule has 1 aliphatic carbocycles. The molecule has 2 aromatic carbocycles. The topological polar surface area (TPSA) is 84.7 Å². The van der Waals surface area contributed by atoms with E-state index >= 15 is 0 Å². The Balaban J connectivity index is 1.56. The van der Waals surface area contributed by atoms with Gasteiger partial charge in [-0.25, -0.2) is 9.48 Å². The Kier molecular flexibility index (Phi) is 7.54. The minimum Gasteiger partial charge on any atom is -0.489 e. The molecule has 1 fully saturated rings. The number of carbonyl (C=O) groups is 2. The number of benzene rings is 2. The number of carboxylic acids is 1. The zero-order chi connectivity index (χ0) is 24.9. The largest absolute Gasteiger partial charge is 0.489 e. The maximum absolute atomic E-state index is 13.5. The van der Waals surface area contributed by atoms with Crippen molar-refractivity contribution in [2.75, 3.05) is 4.90 Å². The Morgan fingerprint density at radius 2 is 1.71 bits per heavy atom. The van der Waals surface area contributed by atoms with Crippen molar-refractivity contribution in [1.82, 2.24) is 9.78 Å². The number of ether oxygens (including phenoxy) is 1. The molecule has 184 valence electrons. The summed E-state index contributed by atoms with van der Waals surface area (Å²) >= 11 is 0. The lowest BCUT2D eigenvalue weighted by atomic mass is 9.82. The molecule has 1 amide bonds. The van der Waals surface area contributed by atoms with E-state index in [0.717, 1.165) is 37.0 Å². The predicted molar refractivity (Wildman–Crippen MR) is 135 cm³/mol. The van der Waals surface area contributed by atoms with Crippen LogP contribution in [-0.4, -0.2) is 32.8 Å². The fourth-order valence-electron chi connectivity index (χ4n) is 4.56. The van der Waals surface area contributed by atoms with Crippen LogP contribution in [0.15, 0.2) is 60.8 Å². The van der Waals surface area contributed by atoms with Crippen LogP contribution in [0.25, 0.3) is 5.69 Å². The SMILES string of the molecule is CC(C)N(c1nn(-c2ccc(COc3ccccc3)cc2)cc1C(=O)O)C(=O)[C@H]1CC[C@H](C)CC1. The molecule has 0 unspecified atom stereocenters. The van der Waals surface area contributed by atoms with Gasteiger partial charge in [0, 0.05) is 18.2 Å². The van der Waals surface area contributed by atoms with E-state index in [1.165, 1.54) is 10.9 Å². The van der Waals surface area contributed by atoms with Crippen LogP contribution in [0.1, 0.15) is 62.4 Å². The molecule has 0 aliphatic heterocycles. The molecule has 1 aliphatic rings. The Bertz CT molecular complexity index is 1150. The molecule has 0 radical (unpaired) electrons. The second-order valence-corrected chi connectivity index (χ2v) is 9.64. The molecule has 3 aromatic rings. The first kappa shape index (κ1) is 24.5. The van der Waals surface area contributed by atoms with Gasteiger partial charge in [0.25, 0.3) is 0 Å². The highest BCUT2D eigenvalue weighted by molar-refractivity contribution is 6.01. The minimum atomic E-state index is -1.10. The average Bonchev–Trinajstić information content (AvgIpc) is 3.29. The van der Waals surface area contributed by atoms with Crippen LogP contribution in [0.5, 0.6) is 5.75 Å². The molecule has 35 heavy (non-hydrogen) atoms. The summed E-state index contributed by atoms with van der Waals surface area (Å²) in [5.41, 5.74) is 1.71. The van der Waals surface area contributed by atoms with Crippen molar-refractivity contribution in [2.45, 2.75) is 59.1 Å². The lowest BCUT2D eigenvalue weighted by Crippen LogP contribution is -2.43. The van der Waals surface area contributed by atoms with Crippen molar-refractivity contribution in [3.63, 3.8) is 0 Å². The third-order valence-electron chi connectivity index (χ3n) is 6.62. The number of para-hydroxylation sites is 1. The highest BCUT2D eigenvalue weighted by Crippen LogP contribution is 2.32. The van der Waals surface area contributed by atoms with Gasteiger partial charge in [-0.1, -0.05) is 37.3 Å². The molecule has 7 nitrogen and oxygen atoms in total. The number of aromatic carboxylic acids is 1. The van der Waals surface area contributed by atoms with Crippen LogP contribution in [0.4, 0.5) is 5.82 Å². The molecule has 0 atom stereocenters. The summed E-state index contributed by atoms with van der Waals surface area (Å²) in [6, 6.07) is 17.0. The minimum absolute atomic E-state index is 0.0210. The van der Waals surface area contributed by atoms with Crippen LogP contribution in [0.2, 0.25) is 0 Å². The van der Waals surface area contributed by atoms with Gasteiger partial charge in [0.1, 0.15) is 17.9 Å². The van der Waals surface area contributed by atoms with Crippen molar-refractivity contribution in [1.29, 1.82) is 0 Å². The van der Waals surface area contributed by atoms with Gasteiger partial charge in [0.2, 0.25) is 5.91 Å². The van der Waals surface area contributed by atoms with Gasteiger partial charge < -0.3 is 9.84 Å². The lowest BCUT2D eigenvalue weighted by molar-refractivity contribution is -0.124. The molecule has 1 heterocycles. The monoisotopic (exact) mass is 475 g/mol. The fraction of sp³-hybridized carbons (Fsp3) is 0.393. The number of hydrogen-bond donors (Lipinski definition) is 1. The van der Waals surface area contributed by atoms with E-state index in [4.69, 9.17) is 4.74 Å². The predicted octanol–water partition coefficient (Wildman–Crippen LogP) is 5.72. The quantitative estimate of drug-likeness (QED) is 0.451. The number of carbonyl (C=O) groups excluding carboxylic acids is 1. The van der Waals surface area contributed by atoms with Gasteiger partial charge in [0.05, 0.1) is 5.69 Å². The first-order chi connectivity index (χ1) is 16.8. The summed E-state index contributed by atoms with van der Waals surface area (Å²) in [5, 5.41) is 14.5. The molecular formula is C28H33N3O4. The van der Waals surface area contributed by atoms with Crippen molar-refractivity contribution in [3.05, 3.63) is 71.9 Å². The summed E-state index contributed by atoms with van der Waals surface area (Å²) < 4.78 is 7.33. The van der Waals surface area contributed by atoms with E-state index in [9.17, 15) is 14.7 Å². The third-order valence-corrected chi connectivity index (χ3v) is 6.62. The molecule has 0 spiro atoms. The lowest BCUT2D eigenvalue weighted by Gasteiger charge is -2.32. The van der Waals surface area contributed by atoms with Gasteiger partial charge in [-0.2, -0.15) is 0 Å². The highest BCUT2D eigenvalue weighted by Gasteiger charge is 2.34. The Labute approximate surface area is 206 Å². The number of nitrogens with zero attached hydrogens (tertiary/aromatic N) is 3. The Morgan fingerprint density at radius 1 is 1.06 bits per heavy atom. The maximum atomic E-state index is 13.5. The average molecular weight is 476 g/mol. The van der Waals surface area contributed by atoms with Crippen molar-refractivity contribution < 1.29 is 19.4 Å². The Morgan fingerprint density at radius 3 is 2.31 bits per heavy atom. The number of rotatable bonds is 8. The normalized spacial score (nSPS) is 17.8. The molecule has 4 rings (SSSR count). The summed E-state index contributed by atoms with van der Waals surface area (Å²) in [4.78, 5) is 27.1. The fourth-order valence-corrected chi connectivity index (χ4v) is 4.56. The number of carboxylic acid groups (broad SMARTS) is 1. The molecule has 0 saturated heterocycles. The zero-order valence-electron chi connectivity index (χ0n) is 20.6. The standard InChI is InChI=1S/C28H33N3O4/c1-19(2)31(27(32)22-13-9-20(3)10-14-22)26-25(28(33)34)17-30(29-26)23-15-11-21(12-16-23)18-35-24-7-5-4-6-8-24/h4-8,11-12,15-17,19-20,22H,9-10,13-14,18H2,1-3H3,(H,33,34)/t20-,22-. The van der Waals surface area contributed by atoms with Crippen LogP contribution < -0.4 is 9.64 Å². The molecule has 7 heteroatoms. The van der Waals surface area contributed by atoms with Crippen molar-refractivity contribution in [3.8, 4) is 11.4 Å². The van der Waals surface area contributed by atoms with E-state index in [-0.39, 0.29) is 29.2 Å². The Hall–Kier alpha value is -3.61. The summed E-state index contributed by atoms with van der Waals surface area (Å²) in [6.07, 6.45) is 5.18. The third kappa shape index (κ3) is 5.73. The van der Waals surface area contributed by atoms with Gasteiger partial charge in [-0.15, -0.1) is 5.10 Å². The van der Waals surface area contributed by atoms with Crippen molar-refractivity contribution in [2.24, 2.45) is 11.8 Å². The van der Waals surface area contributed by atoms with Gasteiger partial charge in [-0.3, -0.25) is 9.69 Å². The zero-order valence-corrected chi connectivity index (χ0v) is 20.6. The maximum Gasteiger partial charge on any atom is 0.341 e.